The average molecular weight is 267 g/mol. The van der Waals surface area contributed by atoms with E-state index in [2.05, 4.69) is 0 Å². The molecule has 20 heavy (non-hydrogen) atoms. The van der Waals surface area contributed by atoms with Gasteiger partial charge in [0, 0.05) is 11.6 Å². The molecule has 0 saturated heterocycles. The fourth-order valence-electron chi connectivity index (χ4n) is 1.86. The molecule has 0 radical (unpaired) electrons. The lowest BCUT2D eigenvalue weighted by molar-refractivity contribution is 0.112. The van der Waals surface area contributed by atoms with Crippen molar-refractivity contribution in [2.75, 3.05) is 6.79 Å². The zero-order valence-electron chi connectivity index (χ0n) is 10.3. The molecule has 5 nitrogen and oxygen atoms in total. The first-order valence-electron chi connectivity index (χ1n) is 5.87. The Bertz CT molecular complexity index is 718. The fraction of sp³-hybridized carbons (Fsp3) is 0.0667. The number of hydrogen-bond acceptors (Lipinski definition) is 5. The molecule has 0 aliphatic carbocycles. The smallest absolute Gasteiger partial charge is 0.231 e. The number of nitrogens with zero attached hydrogens (tertiary/aromatic N) is 1. The van der Waals surface area contributed by atoms with Crippen molar-refractivity contribution < 1.29 is 19.0 Å². The van der Waals surface area contributed by atoms with Crippen molar-refractivity contribution in [3.05, 3.63) is 47.5 Å². The van der Waals surface area contributed by atoms with Crippen molar-refractivity contribution in [3.63, 3.8) is 0 Å². The van der Waals surface area contributed by atoms with E-state index in [0.717, 1.165) is 0 Å². The van der Waals surface area contributed by atoms with E-state index in [0.29, 0.717) is 40.4 Å². The maximum absolute atomic E-state index is 10.7. The molecule has 2 aromatic carbocycles. The molecule has 3 rings (SSSR count). The molecule has 1 aliphatic rings. The third-order valence-corrected chi connectivity index (χ3v) is 2.83. The largest absolute Gasteiger partial charge is 0.456 e. The van der Waals surface area contributed by atoms with Crippen LogP contribution in [0.3, 0.4) is 0 Å². The third kappa shape index (κ3) is 2.15. The molecule has 1 aliphatic heterocycles. The zero-order chi connectivity index (χ0) is 13.9. The predicted molar refractivity (Wildman–Crippen MR) is 69.2 cm³/mol. The number of aldehydes is 1. The summed E-state index contributed by atoms with van der Waals surface area (Å²) in [7, 11) is 0. The van der Waals surface area contributed by atoms with Crippen LogP contribution in [0.1, 0.15) is 15.9 Å². The summed E-state index contributed by atoms with van der Waals surface area (Å²) in [6, 6.07) is 11.8. The van der Waals surface area contributed by atoms with Gasteiger partial charge in [0.2, 0.25) is 6.79 Å². The molecule has 0 fully saturated rings. The van der Waals surface area contributed by atoms with Gasteiger partial charge in [0.15, 0.2) is 11.5 Å². The maximum Gasteiger partial charge on any atom is 0.231 e. The monoisotopic (exact) mass is 267 g/mol. The molecule has 1 heterocycles. The van der Waals surface area contributed by atoms with E-state index in [1.54, 1.807) is 30.3 Å². The van der Waals surface area contributed by atoms with Crippen LogP contribution in [0.5, 0.6) is 23.0 Å². The molecular weight excluding hydrogens is 258 g/mol. The molecule has 0 bridgehead atoms. The van der Waals surface area contributed by atoms with Gasteiger partial charge in [0.25, 0.3) is 0 Å². The molecule has 0 spiro atoms. The maximum atomic E-state index is 10.7. The number of ether oxygens (including phenoxy) is 3. The Labute approximate surface area is 114 Å². The van der Waals surface area contributed by atoms with E-state index in [1.165, 1.54) is 6.07 Å². The Hall–Kier alpha value is -3.00. The van der Waals surface area contributed by atoms with Gasteiger partial charge in [0.1, 0.15) is 23.9 Å². The molecule has 0 atom stereocenters. The van der Waals surface area contributed by atoms with E-state index < -0.39 is 0 Å². The Morgan fingerprint density at radius 1 is 1.15 bits per heavy atom. The van der Waals surface area contributed by atoms with Crippen molar-refractivity contribution >= 4 is 6.29 Å². The second-order valence-electron chi connectivity index (χ2n) is 4.10. The summed E-state index contributed by atoms with van der Waals surface area (Å²) in [5.74, 6) is 2.18. The van der Waals surface area contributed by atoms with Crippen molar-refractivity contribution in [2.45, 2.75) is 0 Å². The summed E-state index contributed by atoms with van der Waals surface area (Å²) in [6.45, 7) is 0.191. The van der Waals surface area contributed by atoms with Crippen LogP contribution in [0.4, 0.5) is 0 Å². The van der Waals surface area contributed by atoms with Gasteiger partial charge in [-0.25, -0.2) is 0 Å². The first-order chi connectivity index (χ1) is 9.80. The quantitative estimate of drug-likeness (QED) is 0.800. The third-order valence-electron chi connectivity index (χ3n) is 2.83. The van der Waals surface area contributed by atoms with Crippen molar-refractivity contribution in [2.24, 2.45) is 0 Å². The van der Waals surface area contributed by atoms with Crippen LogP contribution in [0.15, 0.2) is 36.4 Å². The Morgan fingerprint density at radius 2 is 2.00 bits per heavy atom. The van der Waals surface area contributed by atoms with Gasteiger partial charge >= 0.3 is 0 Å². The van der Waals surface area contributed by atoms with Crippen LogP contribution in [-0.4, -0.2) is 13.1 Å². The van der Waals surface area contributed by atoms with Crippen molar-refractivity contribution in [1.29, 1.82) is 5.26 Å². The number of rotatable bonds is 3. The zero-order valence-corrected chi connectivity index (χ0v) is 10.3. The Balaban J connectivity index is 1.91. The molecular formula is C15H9NO4. The summed E-state index contributed by atoms with van der Waals surface area (Å²) in [4.78, 5) is 10.7. The molecule has 2 aromatic rings. The van der Waals surface area contributed by atoms with E-state index in [-0.39, 0.29) is 6.79 Å². The Morgan fingerprint density at radius 3 is 2.80 bits per heavy atom. The van der Waals surface area contributed by atoms with Crippen LogP contribution in [-0.2, 0) is 0 Å². The number of fused-ring (bicyclic) bond motifs is 1. The summed E-state index contributed by atoms with van der Waals surface area (Å²) in [5, 5.41) is 9.08. The highest BCUT2D eigenvalue weighted by molar-refractivity contribution is 5.76. The molecule has 0 amide bonds. The second kappa shape index (κ2) is 4.94. The number of benzene rings is 2. The minimum Gasteiger partial charge on any atom is -0.456 e. The standard InChI is InChI=1S/C15H9NO4/c16-7-11-5-10(8-17)1-3-13(11)20-12-2-4-14-15(6-12)19-9-18-14/h1-6,8H,9H2. The van der Waals surface area contributed by atoms with Gasteiger partial charge in [-0.3, -0.25) is 4.79 Å². The normalized spacial score (nSPS) is 11.8. The topological polar surface area (TPSA) is 68.6 Å². The van der Waals surface area contributed by atoms with E-state index >= 15 is 0 Å². The highest BCUT2D eigenvalue weighted by atomic mass is 16.7. The number of carbonyl (C=O) groups is 1. The van der Waals surface area contributed by atoms with Crippen molar-refractivity contribution in [3.8, 4) is 29.1 Å². The molecule has 0 unspecified atom stereocenters. The minimum atomic E-state index is 0.191. The lowest BCUT2D eigenvalue weighted by Crippen LogP contribution is -1.93. The molecule has 98 valence electrons. The summed E-state index contributed by atoms with van der Waals surface area (Å²) in [6.07, 6.45) is 0.686. The summed E-state index contributed by atoms with van der Waals surface area (Å²) < 4.78 is 16.1. The van der Waals surface area contributed by atoms with Crippen LogP contribution in [0.25, 0.3) is 0 Å². The number of nitriles is 1. The lowest BCUT2D eigenvalue weighted by Gasteiger charge is -2.08. The molecule has 0 saturated carbocycles. The SMILES string of the molecule is N#Cc1cc(C=O)ccc1Oc1ccc2c(c1)OCO2. The van der Waals surface area contributed by atoms with Gasteiger partial charge in [-0.2, -0.15) is 5.26 Å². The first kappa shape index (κ1) is 12.1. The van der Waals surface area contributed by atoms with Crippen LogP contribution in [0.2, 0.25) is 0 Å². The van der Waals surface area contributed by atoms with Gasteiger partial charge < -0.3 is 14.2 Å². The van der Waals surface area contributed by atoms with E-state index in [1.807, 2.05) is 6.07 Å². The van der Waals surface area contributed by atoms with E-state index in [9.17, 15) is 4.79 Å². The predicted octanol–water partition coefficient (Wildman–Crippen LogP) is 2.89. The van der Waals surface area contributed by atoms with Crippen LogP contribution in [0, 0.1) is 11.3 Å². The van der Waals surface area contributed by atoms with Crippen LogP contribution < -0.4 is 14.2 Å². The average Bonchev–Trinajstić information content (AvgIpc) is 2.95. The molecule has 0 N–H and O–H groups in total. The fourth-order valence-corrected chi connectivity index (χ4v) is 1.86. The Kier molecular flexibility index (Phi) is 2.98. The summed E-state index contributed by atoms with van der Waals surface area (Å²) in [5.41, 5.74) is 0.729. The highest BCUT2D eigenvalue weighted by Crippen LogP contribution is 2.37. The van der Waals surface area contributed by atoms with Gasteiger partial charge in [-0.1, -0.05) is 0 Å². The minimum absolute atomic E-state index is 0.191. The van der Waals surface area contributed by atoms with Crippen molar-refractivity contribution in [1.82, 2.24) is 0 Å². The van der Waals surface area contributed by atoms with Gasteiger partial charge in [-0.05, 0) is 30.3 Å². The van der Waals surface area contributed by atoms with E-state index in [4.69, 9.17) is 19.5 Å². The molecule has 5 heteroatoms. The first-order valence-corrected chi connectivity index (χ1v) is 5.87. The summed E-state index contributed by atoms with van der Waals surface area (Å²) >= 11 is 0. The van der Waals surface area contributed by atoms with Crippen LogP contribution >= 0.6 is 0 Å². The molecule has 0 aromatic heterocycles. The number of carbonyl (C=O) groups excluding carboxylic acids is 1. The van der Waals surface area contributed by atoms with Gasteiger partial charge in [-0.15, -0.1) is 0 Å². The highest BCUT2D eigenvalue weighted by Gasteiger charge is 2.14. The number of hydrogen-bond donors (Lipinski definition) is 0. The second-order valence-corrected chi connectivity index (χ2v) is 4.10. The lowest BCUT2D eigenvalue weighted by atomic mass is 10.1. The van der Waals surface area contributed by atoms with Gasteiger partial charge in [0.05, 0.1) is 5.56 Å².